The third kappa shape index (κ3) is 2.47. The van der Waals surface area contributed by atoms with Crippen molar-refractivity contribution in [2.45, 2.75) is 54.4 Å². The molecule has 0 fully saturated rings. The van der Waals surface area contributed by atoms with Gasteiger partial charge in [0.25, 0.3) is 0 Å². The molecule has 0 unspecified atom stereocenters. The van der Waals surface area contributed by atoms with Gasteiger partial charge in [0.15, 0.2) is 0 Å². The SMILES string of the molecule is CCc1cc(O)c(C)c(C)c1-c1c(CC)cc(O)c(C)c1C. The van der Waals surface area contributed by atoms with Crippen molar-refractivity contribution in [2.75, 3.05) is 0 Å². The Hall–Kier alpha value is -1.96. The third-order valence-electron chi connectivity index (χ3n) is 4.92. The van der Waals surface area contributed by atoms with E-state index in [9.17, 15) is 10.2 Å². The van der Waals surface area contributed by atoms with E-state index in [1.807, 2.05) is 26.0 Å². The summed E-state index contributed by atoms with van der Waals surface area (Å²) in [5.74, 6) is 0.730. The van der Waals surface area contributed by atoms with E-state index < -0.39 is 0 Å². The lowest BCUT2D eigenvalue weighted by Gasteiger charge is -2.22. The first kappa shape index (κ1) is 16.4. The van der Waals surface area contributed by atoms with E-state index in [-0.39, 0.29) is 0 Å². The number of hydrogen-bond donors (Lipinski definition) is 2. The topological polar surface area (TPSA) is 40.5 Å². The van der Waals surface area contributed by atoms with Crippen LogP contribution >= 0.6 is 0 Å². The molecule has 0 aliphatic heterocycles. The molecular weight excluding hydrogens is 272 g/mol. The van der Waals surface area contributed by atoms with Gasteiger partial charge in [-0.2, -0.15) is 0 Å². The summed E-state index contributed by atoms with van der Waals surface area (Å²) in [6.45, 7) is 12.3. The molecule has 118 valence electrons. The van der Waals surface area contributed by atoms with Crippen molar-refractivity contribution in [3.8, 4) is 22.6 Å². The highest BCUT2D eigenvalue weighted by Crippen LogP contribution is 2.41. The summed E-state index contributed by atoms with van der Waals surface area (Å²) in [5.41, 5.74) is 8.86. The maximum atomic E-state index is 10.1. The molecule has 0 radical (unpaired) electrons. The molecule has 0 aromatic heterocycles. The zero-order valence-electron chi connectivity index (χ0n) is 14.5. The molecule has 2 aromatic rings. The van der Waals surface area contributed by atoms with Crippen LogP contribution in [-0.4, -0.2) is 10.2 Å². The van der Waals surface area contributed by atoms with Crippen LogP contribution in [0.2, 0.25) is 0 Å². The standard InChI is InChI=1S/C20H26O2/c1-7-15-9-17(21)11(3)13(5)19(15)20-14(6)12(4)18(22)10-16(20)8-2/h9-10,21-22H,7-8H2,1-6H3. The Morgan fingerprint density at radius 2 is 0.955 bits per heavy atom. The van der Waals surface area contributed by atoms with Crippen molar-refractivity contribution >= 4 is 0 Å². The van der Waals surface area contributed by atoms with Gasteiger partial charge in [-0.05, 0) is 97.2 Å². The van der Waals surface area contributed by atoms with E-state index in [0.29, 0.717) is 11.5 Å². The molecule has 2 heteroatoms. The molecule has 0 aliphatic carbocycles. The number of benzene rings is 2. The summed E-state index contributed by atoms with van der Waals surface area (Å²) in [5, 5.41) is 20.3. The highest BCUT2D eigenvalue weighted by molar-refractivity contribution is 5.80. The van der Waals surface area contributed by atoms with Crippen LogP contribution in [0.25, 0.3) is 11.1 Å². The summed E-state index contributed by atoms with van der Waals surface area (Å²) < 4.78 is 0. The number of aryl methyl sites for hydroxylation is 2. The first-order valence-electron chi connectivity index (χ1n) is 7.97. The maximum Gasteiger partial charge on any atom is 0.119 e. The fourth-order valence-electron chi connectivity index (χ4n) is 3.19. The van der Waals surface area contributed by atoms with Crippen LogP contribution in [0.3, 0.4) is 0 Å². The van der Waals surface area contributed by atoms with Gasteiger partial charge < -0.3 is 10.2 Å². The lowest BCUT2D eigenvalue weighted by atomic mass is 9.83. The van der Waals surface area contributed by atoms with Crippen LogP contribution < -0.4 is 0 Å². The fourth-order valence-corrected chi connectivity index (χ4v) is 3.19. The first-order chi connectivity index (χ1) is 10.3. The second-order valence-electron chi connectivity index (χ2n) is 6.07. The zero-order chi connectivity index (χ0) is 16.6. The largest absolute Gasteiger partial charge is 0.508 e. The molecule has 0 amide bonds. The number of rotatable bonds is 3. The number of phenols is 2. The van der Waals surface area contributed by atoms with Crippen LogP contribution in [0.4, 0.5) is 0 Å². The van der Waals surface area contributed by atoms with E-state index >= 15 is 0 Å². The maximum absolute atomic E-state index is 10.1. The summed E-state index contributed by atoms with van der Waals surface area (Å²) >= 11 is 0. The summed E-state index contributed by atoms with van der Waals surface area (Å²) in [4.78, 5) is 0. The smallest absolute Gasteiger partial charge is 0.119 e. The average molecular weight is 298 g/mol. The van der Waals surface area contributed by atoms with Crippen molar-refractivity contribution in [1.29, 1.82) is 0 Å². The molecule has 2 nitrogen and oxygen atoms in total. The second-order valence-corrected chi connectivity index (χ2v) is 6.07. The number of hydrogen-bond acceptors (Lipinski definition) is 2. The summed E-state index contributed by atoms with van der Waals surface area (Å²) in [6.07, 6.45) is 1.74. The van der Waals surface area contributed by atoms with Crippen LogP contribution in [-0.2, 0) is 12.8 Å². The number of phenolic OH excluding ortho intramolecular Hbond substituents is 2. The Bertz CT molecular complexity index is 664. The molecule has 0 atom stereocenters. The Labute approximate surface area is 133 Å². The Balaban J connectivity index is 2.94. The molecule has 0 spiro atoms. The third-order valence-corrected chi connectivity index (χ3v) is 4.92. The van der Waals surface area contributed by atoms with Gasteiger partial charge in [0, 0.05) is 0 Å². The minimum absolute atomic E-state index is 0.365. The van der Waals surface area contributed by atoms with Gasteiger partial charge in [-0.25, -0.2) is 0 Å². The summed E-state index contributed by atoms with van der Waals surface area (Å²) in [6, 6.07) is 3.78. The molecule has 2 aromatic carbocycles. The van der Waals surface area contributed by atoms with Gasteiger partial charge in [0.2, 0.25) is 0 Å². The number of aromatic hydroxyl groups is 2. The lowest BCUT2D eigenvalue weighted by Crippen LogP contribution is -2.02. The fraction of sp³-hybridized carbons (Fsp3) is 0.400. The molecule has 2 rings (SSSR count). The molecular formula is C20H26O2. The average Bonchev–Trinajstić information content (AvgIpc) is 2.50. The van der Waals surface area contributed by atoms with Crippen LogP contribution in [0.1, 0.15) is 47.2 Å². The quantitative estimate of drug-likeness (QED) is 0.825. The van der Waals surface area contributed by atoms with Crippen LogP contribution in [0.5, 0.6) is 11.5 Å². The van der Waals surface area contributed by atoms with Gasteiger partial charge in [0.1, 0.15) is 11.5 Å². The second kappa shape index (κ2) is 6.04. The van der Waals surface area contributed by atoms with E-state index in [2.05, 4.69) is 27.7 Å². The Morgan fingerprint density at radius 1 is 0.636 bits per heavy atom. The normalized spacial score (nSPS) is 11.0. The minimum atomic E-state index is 0.365. The van der Waals surface area contributed by atoms with Gasteiger partial charge >= 0.3 is 0 Å². The lowest BCUT2D eigenvalue weighted by molar-refractivity contribution is 0.469. The van der Waals surface area contributed by atoms with Crippen molar-refractivity contribution in [2.24, 2.45) is 0 Å². The molecule has 0 heterocycles. The summed E-state index contributed by atoms with van der Waals surface area (Å²) in [7, 11) is 0. The van der Waals surface area contributed by atoms with Gasteiger partial charge in [-0.1, -0.05) is 13.8 Å². The first-order valence-corrected chi connectivity index (χ1v) is 7.97. The molecule has 2 N–H and O–H groups in total. The molecule has 0 aliphatic rings. The van der Waals surface area contributed by atoms with Crippen molar-refractivity contribution < 1.29 is 10.2 Å². The van der Waals surface area contributed by atoms with Crippen molar-refractivity contribution in [3.05, 3.63) is 45.5 Å². The van der Waals surface area contributed by atoms with Gasteiger partial charge in [0.05, 0.1) is 0 Å². The Morgan fingerprint density at radius 3 is 1.23 bits per heavy atom. The highest BCUT2D eigenvalue weighted by Gasteiger charge is 2.19. The van der Waals surface area contributed by atoms with Gasteiger partial charge in [-0.3, -0.25) is 0 Å². The van der Waals surface area contributed by atoms with E-state index in [0.717, 1.165) is 46.2 Å². The van der Waals surface area contributed by atoms with Crippen molar-refractivity contribution in [3.63, 3.8) is 0 Å². The molecule has 0 saturated heterocycles. The molecule has 22 heavy (non-hydrogen) atoms. The highest BCUT2D eigenvalue weighted by atomic mass is 16.3. The van der Waals surface area contributed by atoms with E-state index in [1.54, 1.807) is 0 Å². The monoisotopic (exact) mass is 298 g/mol. The minimum Gasteiger partial charge on any atom is -0.508 e. The Kier molecular flexibility index (Phi) is 4.50. The van der Waals surface area contributed by atoms with Crippen LogP contribution in [0.15, 0.2) is 12.1 Å². The van der Waals surface area contributed by atoms with Crippen LogP contribution in [0, 0.1) is 27.7 Å². The van der Waals surface area contributed by atoms with Gasteiger partial charge in [-0.15, -0.1) is 0 Å². The van der Waals surface area contributed by atoms with Crippen molar-refractivity contribution in [1.82, 2.24) is 0 Å². The molecule has 0 saturated carbocycles. The predicted octanol–water partition coefficient (Wildman–Crippen LogP) is 5.12. The zero-order valence-corrected chi connectivity index (χ0v) is 14.5. The van der Waals surface area contributed by atoms with E-state index in [1.165, 1.54) is 11.1 Å². The predicted molar refractivity (Wildman–Crippen MR) is 92.9 cm³/mol. The van der Waals surface area contributed by atoms with E-state index in [4.69, 9.17) is 0 Å². The molecule has 0 bridgehead atoms.